The normalized spacial score (nSPS) is 21.6. The van der Waals surface area contributed by atoms with Gasteiger partial charge >= 0.3 is 12.0 Å². The Kier molecular flexibility index (Phi) is 6.13. The molecule has 3 rings (SSSR count). The largest absolute Gasteiger partial charge is 0.463 e. The van der Waals surface area contributed by atoms with Gasteiger partial charge in [0, 0.05) is 38.4 Å². The summed E-state index contributed by atoms with van der Waals surface area (Å²) in [6, 6.07) is 7.04. The van der Waals surface area contributed by atoms with Gasteiger partial charge in [0.2, 0.25) is 0 Å². The molecule has 2 N–H and O–H groups in total. The SMILES string of the molecule is CCOC(=O)C1=C(CN2CCN(C)CC2)NC(=O)NC1c1ccc(C)cc1. The second-order valence-corrected chi connectivity index (χ2v) is 7.13. The number of esters is 1. The summed E-state index contributed by atoms with van der Waals surface area (Å²) in [5.74, 6) is -0.389. The van der Waals surface area contributed by atoms with Crippen molar-refractivity contribution in [3.8, 4) is 0 Å². The fraction of sp³-hybridized carbons (Fsp3) is 0.500. The molecule has 0 bridgehead atoms. The van der Waals surface area contributed by atoms with Crippen molar-refractivity contribution in [2.75, 3.05) is 46.4 Å². The summed E-state index contributed by atoms with van der Waals surface area (Å²) in [7, 11) is 2.10. The molecular weight excluding hydrogens is 344 g/mol. The zero-order valence-electron chi connectivity index (χ0n) is 16.2. The Labute approximate surface area is 160 Å². The molecule has 0 radical (unpaired) electrons. The van der Waals surface area contributed by atoms with E-state index in [0.29, 0.717) is 24.4 Å². The lowest BCUT2D eigenvalue weighted by atomic mass is 9.94. The molecule has 7 heteroatoms. The van der Waals surface area contributed by atoms with Crippen LogP contribution in [-0.4, -0.2) is 68.2 Å². The number of likely N-dealkylation sites (N-methyl/N-ethyl adjacent to an activating group) is 1. The Balaban J connectivity index is 1.94. The summed E-state index contributed by atoms with van der Waals surface area (Å²) in [4.78, 5) is 29.6. The van der Waals surface area contributed by atoms with E-state index >= 15 is 0 Å². The van der Waals surface area contributed by atoms with Crippen LogP contribution in [-0.2, 0) is 9.53 Å². The van der Waals surface area contributed by atoms with E-state index in [2.05, 4.69) is 27.5 Å². The van der Waals surface area contributed by atoms with Crippen molar-refractivity contribution in [2.24, 2.45) is 0 Å². The summed E-state index contributed by atoms with van der Waals surface area (Å²) in [5, 5.41) is 5.73. The summed E-state index contributed by atoms with van der Waals surface area (Å²) in [6.45, 7) is 8.34. The number of ether oxygens (including phenoxy) is 1. The van der Waals surface area contributed by atoms with Crippen LogP contribution in [0.1, 0.15) is 24.1 Å². The third kappa shape index (κ3) is 4.67. The Morgan fingerprint density at radius 3 is 2.48 bits per heavy atom. The van der Waals surface area contributed by atoms with E-state index < -0.39 is 6.04 Å². The van der Waals surface area contributed by atoms with E-state index in [1.165, 1.54) is 0 Å². The Morgan fingerprint density at radius 2 is 1.85 bits per heavy atom. The molecule has 27 heavy (non-hydrogen) atoms. The lowest BCUT2D eigenvalue weighted by Gasteiger charge is -2.35. The second kappa shape index (κ2) is 8.54. The van der Waals surface area contributed by atoms with Crippen molar-refractivity contribution in [1.82, 2.24) is 20.4 Å². The number of carbonyl (C=O) groups excluding carboxylic acids is 2. The minimum atomic E-state index is -0.513. The van der Waals surface area contributed by atoms with E-state index in [1.807, 2.05) is 31.2 Å². The predicted molar refractivity (Wildman–Crippen MR) is 103 cm³/mol. The Bertz CT molecular complexity index is 721. The van der Waals surface area contributed by atoms with Crippen molar-refractivity contribution in [2.45, 2.75) is 19.9 Å². The molecule has 2 aliphatic rings. The number of carbonyl (C=O) groups is 2. The monoisotopic (exact) mass is 372 g/mol. The molecule has 1 saturated heterocycles. The highest BCUT2D eigenvalue weighted by atomic mass is 16.5. The summed E-state index contributed by atoms with van der Waals surface area (Å²) in [6.07, 6.45) is 0. The zero-order valence-corrected chi connectivity index (χ0v) is 16.2. The van der Waals surface area contributed by atoms with Gasteiger partial charge in [0.05, 0.1) is 18.2 Å². The fourth-order valence-corrected chi connectivity index (χ4v) is 3.43. The quantitative estimate of drug-likeness (QED) is 0.765. The highest BCUT2D eigenvalue weighted by Crippen LogP contribution is 2.28. The molecule has 1 aromatic rings. The van der Waals surface area contributed by atoms with Crippen molar-refractivity contribution < 1.29 is 14.3 Å². The number of hydrogen-bond acceptors (Lipinski definition) is 5. The van der Waals surface area contributed by atoms with Crippen LogP contribution in [0.25, 0.3) is 0 Å². The van der Waals surface area contributed by atoms with Crippen molar-refractivity contribution in [3.63, 3.8) is 0 Å². The smallest absolute Gasteiger partial charge is 0.338 e. The number of nitrogens with one attached hydrogen (secondary N) is 2. The first-order chi connectivity index (χ1) is 13.0. The number of rotatable bonds is 5. The van der Waals surface area contributed by atoms with Gasteiger partial charge in [-0.2, -0.15) is 0 Å². The van der Waals surface area contributed by atoms with E-state index in [9.17, 15) is 9.59 Å². The molecular formula is C20H28N4O3. The van der Waals surface area contributed by atoms with Crippen LogP contribution in [0, 0.1) is 6.92 Å². The summed E-state index contributed by atoms with van der Waals surface area (Å²) < 4.78 is 5.31. The van der Waals surface area contributed by atoms with E-state index in [-0.39, 0.29) is 12.0 Å². The number of benzene rings is 1. The molecule has 146 valence electrons. The number of hydrogen-bond donors (Lipinski definition) is 2. The Hall–Kier alpha value is -2.38. The molecule has 1 atom stereocenters. The maximum atomic E-state index is 12.8. The van der Waals surface area contributed by atoms with Gasteiger partial charge < -0.3 is 20.3 Å². The highest BCUT2D eigenvalue weighted by Gasteiger charge is 2.34. The van der Waals surface area contributed by atoms with Gasteiger partial charge in [-0.25, -0.2) is 9.59 Å². The lowest BCUT2D eigenvalue weighted by molar-refractivity contribution is -0.139. The number of nitrogens with zero attached hydrogens (tertiary/aromatic N) is 2. The van der Waals surface area contributed by atoms with Gasteiger partial charge in [-0.3, -0.25) is 4.90 Å². The van der Waals surface area contributed by atoms with Crippen LogP contribution in [0.15, 0.2) is 35.5 Å². The molecule has 0 aliphatic carbocycles. The van der Waals surface area contributed by atoms with Gasteiger partial charge in [-0.1, -0.05) is 29.8 Å². The Morgan fingerprint density at radius 1 is 1.19 bits per heavy atom. The van der Waals surface area contributed by atoms with Crippen molar-refractivity contribution in [3.05, 3.63) is 46.7 Å². The second-order valence-electron chi connectivity index (χ2n) is 7.13. The molecule has 2 heterocycles. The third-order valence-corrected chi connectivity index (χ3v) is 5.04. The maximum Gasteiger partial charge on any atom is 0.338 e. The zero-order chi connectivity index (χ0) is 19.4. The van der Waals surface area contributed by atoms with Crippen LogP contribution in [0.2, 0.25) is 0 Å². The predicted octanol–water partition coefficient (Wildman–Crippen LogP) is 1.41. The molecule has 1 aromatic carbocycles. The van der Waals surface area contributed by atoms with E-state index in [0.717, 1.165) is 37.3 Å². The van der Waals surface area contributed by atoms with Gasteiger partial charge in [0.1, 0.15) is 0 Å². The first-order valence-corrected chi connectivity index (χ1v) is 9.43. The number of piperazine rings is 1. The number of amides is 2. The first-order valence-electron chi connectivity index (χ1n) is 9.43. The topological polar surface area (TPSA) is 73.9 Å². The summed E-state index contributed by atoms with van der Waals surface area (Å²) >= 11 is 0. The summed E-state index contributed by atoms with van der Waals surface area (Å²) in [5.41, 5.74) is 3.11. The molecule has 2 amide bonds. The van der Waals surface area contributed by atoms with Crippen LogP contribution in [0.5, 0.6) is 0 Å². The van der Waals surface area contributed by atoms with Gasteiger partial charge in [0.25, 0.3) is 0 Å². The molecule has 1 unspecified atom stereocenters. The number of urea groups is 1. The minimum absolute atomic E-state index is 0.290. The lowest BCUT2D eigenvalue weighted by Crippen LogP contribution is -2.51. The number of aryl methyl sites for hydroxylation is 1. The molecule has 1 fully saturated rings. The average molecular weight is 372 g/mol. The minimum Gasteiger partial charge on any atom is -0.463 e. The third-order valence-electron chi connectivity index (χ3n) is 5.04. The van der Waals surface area contributed by atoms with Gasteiger partial charge in [-0.05, 0) is 26.5 Å². The molecule has 0 saturated carbocycles. The van der Waals surface area contributed by atoms with Crippen LogP contribution in [0.4, 0.5) is 4.79 Å². The molecule has 2 aliphatic heterocycles. The van der Waals surface area contributed by atoms with Crippen molar-refractivity contribution >= 4 is 12.0 Å². The maximum absolute atomic E-state index is 12.8. The first kappa shape index (κ1) is 19.4. The van der Waals surface area contributed by atoms with Crippen molar-refractivity contribution in [1.29, 1.82) is 0 Å². The van der Waals surface area contributed by atoms with Crippen LogP contribution < -0.4 is 10.6 Å². The van der Waals surface area contributed by atoms with Gasteiger partial charge in [-0.15, -0.1) is 0 Å². The molecule has 0 spiro atoms. The fourth-order valence-electron chi connectivity index (χ4n) is 3.43. The van der Waals surface area contributed by atoms with Crippen LogP contribution in [0.3, 0.4) is 0 Å². The van der Waals surface area contributed by atoms with E-state index in [1.54, 1.807) is 6.92 Å². The molecule has 7 nitrogen and oxygen atoms in total. The van der Waals surface area contributed by atoms with Gasteiger partial charge in [0.15, 0.2) is 0 Å². The van der Waals surface area contributed by atoms with E-state index in [4.69, 9.17) is 4.74 Å². The molecule has 0 aromatic heterocycles. The standard InChI is InChI=1S/C20H28N4O3/c1-4-27-19(25)17-16(13-24-11-9-23(3)10-12-24)21-20(26)22-18(17)15-7-5-14(2)6-8-15/h5-8,18H,4,9-13H2,1-3H3,(H2,21,22,26). The average Bonchev–Trinajstić information content (AvgIpc) is 2.64. The van der Waals surface area contributed by atoms with Crippen LogP contribution >= 0.6 is 0 Å². The highest BCUT2D eigenvalue weighted by molar-refractivity contribution is 5.95.